The fourth-order valence-electron chi connectivity index (χ4n) is 2.45. The summed E-state index contributed by atoms with van der Waals surface area (Å²) in [4.78, 5) is 0. The molecule has 3 atom stereocenters. The minimum absolute atomic E-state index is 0.121. The predicted molar refractivity (Wildman–Crippen MR) is 103 cm³/mol. The van der Waals surface area contributed by atoms with Crippen molar-refractivity contribution >= 4 is 28.7 Å². The van der Waals surface area contributed by atoms with Crippen LogP contribution in [0.25, 0.3) is 6.08 Å². The summed E-state index contributed by atoms with van der Waals surface area (Å²) in [6.07, 6.45) is 2.72. The quantitative estimate of drug-likeness (QED) is 0.345. The largest absolute Gasteiger partial charge is 0.504 e. The third-order valence-corrected chi connectivity index (χ3v) is 4.69. The molecule has 0 amide bonds. The predicted octanol–water partition coefficient (Wildman–Crippen LogP) is 2.71. The lowest BCUT2D eigenvalue weighted by molar-refractivity contribution is 0.00215. The monoisotopic (exact) mass is 448 g/mol. The standard InChI is InChI=1S/C18H25IO5/c1-4-13(16(22)10-20)15(21)6-5-11(2)7-12-8-14(19)18(23)17(9-12)24-3/h4,7-9,13,15-16,20-23H,1,5-6,10H2,2-3H3/b11-7+/t13-,15-,16-/m1/s1. The van der Waals surface area contributed by atoms with E-state index in [1.54, 1.807) is 6.07 Å². The van der Waals surface area contributed by atoms with Crippen molar-refractivity contribution in [3.8, 4) is 11.5 Å². The molecule has 134 valence electrons. The molecule has 0 saturated heterocycles. The van der Waals surface area contributed by atoms with Crippen molar-refractivity contribution in [1.82, 2.24) is 0 Å². The minimum atomic E-state index is -1.01. The van der Waals surface area contributed by atoms with Crippen LogP contribution in [0.5, 0.6) is 11.5 Å². The van der Waals surface area contributed by atoms with Crippen LogP contribution in [0, 0.1) is 9.49 Å². The van der Waals surface area contributed by atoms with Crippen molar-refractivity contribution in [3.63, 3.8) is 0 Å². The first kappa shape index (κ1) is 21.0. The average Bonchev–Trinajstić information content (AvgIpc) is 2.56. The van der Waals surface area contributed by atoms with Crippen molar-refractivity contribution in [2.75, 3.05) is 13.7 Å². The summed E-state index contributed by atoms with van der Waals surface area (Å²) >= 11 is 2.04. The first-order chi connectivity index (χ1) is 11.3. The first-order valence-electron chi connectivity index (χ1n) is 7.67. The molecule has 6 heteroatoms. The number of aliphatic hydroxyl groups is 3. The SMILES string of the molecule is C=C[C@@H]([C@H](O)CO)[C@H](O)CC/C(C)=C/c1cc(I)c(O)c(OC)c1. The fourth-order valence-corrected chi connectivity index (χ4v) is 3.08. The Morgan fingerprint density at radius 1 is 1.33 bits per heavy atom. The lowest BCUT2D eigenvalue weighted by Crippen LogP contribution is -2.32. The molecule has 1 aromatic rings. The number of hydrogen-bond acceptors (Lipinski definition) is 5. The molecule has 0 spiro atoms. The lowest BCUT2D eigenvalue weighted by Gasteiger charge is -2.23. The normalized spacial score (nSPS) is 15.7. The van der Waals surface area contributed by atoms with E-state index in [-0.39, 0.29) is 5.75 Å². The second-order valence-corrected chi connectivity index (χ2v) is 6.88. The Bertz CT molecular complexity index is 585. The molecule has 0 radical (unpaired) electrons. The maximum Gasteiger partial charge on any atom is 0.171 e. The van der Waals surface area contributed by atoms with Crippen molar-refractivity contribution in [1.29, 1.82) is 0 Å². The molecule has 0 heterocycles. The number of aliphatic hydroxyl groups excluding tert-OH is 3. The van der Waals surface area contributed by atoms with Gasteiger partial charge in [0.2, 0.25) is 0 Å². The number of allylic oxidation sites excluding steroid dienone is 1. The summed E-state index contributed by atoms with van der Waals surface area (Å²) in [6.45, 7) is 5.14. The van der Waals surface area contributed by atoms with Crippen LogP contribution in [-0.4, -0.2) is 46.4 Å². The van der Waals surface area contributed by atoms with E-state index in [0.717, 1.165) is 11.1 Å². The molecule has 0 unspecified atom stereocenters. The Kier molecular flexibility index (Phi) is 8.75. The highest BCUT2D eigenvalue weighted by Gasteiger charge is 2.23. The van der Waals surface area contributed by atoms with Gasteiger partial charge in [-0.1, -0.05) is 17.7 Å². The zero-order valence-electron chi connectivity index (χ0n) is 13.9. The van der Waals surface area contributed by atoms with Gasteiger partial charge in [-0.25, -0.2) is 0 Å². The van der Waals surface area contributed by atoms with E-state index in [0.29, 0.717) is 22.2 Å². The highest BCUT2D eigenvalue weighted by molar-refractivity contribution is 14.1. The molecule has 0 aliphatic heterocycles. The molecular weight excluding hydrogens is 423 g/mol. The van der Waals surface area contributed by atoms with Gasteiger partial charge >= 0.3 is 0 Å². The van der Waals surface area contributed by atoms with Crippen molar-refractivity contribution < 1.29 is 25.2 Å². The van der Waals surface area contributed by atoms with E-state index in [1.807, 2.05) is 41.7 Å². The lowest BCUT2D eigenvalue weighted by atomic mass is 9.92. The zero-order valence-corrected chi connectivity index (χ0v) is 16.1. The van der Waals surface area contributed by atoms with Gasteiger partial charge in [-0.15, -0.1) is 6.58 Å². The molecule has 0 saturated carbocycles. The van der Waals surface area contributed by atoms with Gasteiger partial charge in [-0.3, -0.25) is 0 Å². The van der Waals surface area contributed by atoms with Crippen LogP contribution in [0.3, 0.4) is 0 Å². The summed E-state index contributed by atoms with van der Waals surface area (Å²) in [5, 5.41) is 38.7. The van der Waals surface area contributed by atoms with Gasteiger partial charge in [-0.05, 0) is 60.1 Å². The molecule has 0 bridgehead atoms. The van der Waals surface area contributed by atoms with Gasteiger partial charge in [0.05, 0.1) is 29.5 Å². The number of hydrogen-bond donors (Lipinski definition) is 4. The van der Waals surface area contributed by atoms with Crippen LogP contribution >= 0.6 is 22.6 Å². The molecule has 0 aliphatic carbocycles. The second-order valence-electron chi connectivity index (χ2n) is 5.71. The summed E-state index contributed by atoms with van der Waals surface area (Å²) < 4.78 is 5.84. The van der Waals surface area contributed by atoms with Gasteiger partial charge < -0.3 is 25.2 Å². The third-order valence-electron chi connectivity index (χ3n) is 3.87. The molecule has 1 aromatic carbocycles. The van der Waals surface area contributed by atoms with Gasteiger partial charge in [0, 0.05) is 5.92 Å². The van der Waals surface area contributed by atoms with Crippen LogP contribution in [-0.2, 0) is 0 Å². The number of methoxy groups -OCH3 is 1. The number of phenols is 1. The topological polar surface area (TPSA) is 90.2 Å². The zero-order chi connectivity index (χ0) is 18.3. The van der Waals surface area contributed by atoms with E-state index in [4.69, 9.17) is 9.84 Å². The summed E-state index contributed by atoms with van der Waals surface area (Å²) in [7, 11) is 1.50. The highest BCUT2D eigenvalue weighted by Crippen LogP contribution is 2.33. The molecule has 1 rings (SSSR count). The Hall–Kier alpha value is -1.09. The van der Waals surface area contributed by atoms with Crippen LogP contribution in [0.2, 0.25) is 0 Å². The first-order valence-corrected chi connectivity index (χ1v) is 8.75. The maximum absolute atomic E-state index is 10.2. The smallest absolute Gasteiger partial charge is 0.171 e. The van der Waals surface area contributed by atoms with Crippen LogP contribution < -0.4 is 4.74 Å². The summed E-state index contributed by atoms with van der Waals surface area (Å²) in [5.41, 5.74) is 1.94. The van der Waals surface area contributed by atoms with Gasteiger partial charge in [-0.2, -0.15) is 0 Å². The van der Waals surface area contributed by atoms with Crippen molar-refractivity contribution in [2.45, 2.75) is 32.0 Å². The number of halogens is 1. The maximum atomic E-state index is 10.2. The van der Waals surface area contributed by atoms with Crippen molar-refractivity contribution in [3.05, 3.63) is 39.5 Å². The Morgan fingerprint density at radius 2 is 2.00 bits per heavy atom. The molecular formula is C18H25IO5. The van der Waals surface area contributed by atoms with Crippen molar-refractivity contribution in [2.24, 2.45) is 5.92 Å². The number of aromatic hydroxyl groups is 1. The van der Waals surface area contributed by atoms with E-state index >= 15 is 0 Å². The van der Waals surface area contributed by atoms with Gasteiger partial charge in [0.1, 0.15) is 0 Å². The Balaban J connectivity index is 2.77. The van der Waals surface area contributed by atoms with Crippen LogP contribution in [0.15, 0.2) is 30.4 Å². The summed E-state index contributed by atoms with van der Waals surface area (Å²) in [6, 6.07) is 3.60. The van der Waals surface area contributed by atoms with E-state index in [9.17, 15) is 15.3 Å². The molecule has 0 aromatic heterocycles. The van der Waals surface area contributed by atoms with E-state index in [1.165, 1.54) is 13.2 Å². The summed E-state index contributed by atoms with van der Waals surface area (Å²) in [5.74, 6) is -0.0218. The molecule has 4 N–H and O–H groups in total. The van der Waals surface area contributed by atoms with Crippen LogP contribution in [0.4, 0.5) is 0 Å². The highest BCUT2D eigenvalue weighted by atomic mass is 127. The minimum Gasteiger partial charge on any atom is -0.504 e. The fraction of sp³-hybridized carbons (Fsp3) is 0.444. The number of phenolic OH excluding ortho intramolecular Hbond substituents is 1. The van der Waals surface area contributed by atoms with Gasteiger partial charge in [0.15, 0.2) is 11.5 Å². The number of rotatable bonds is 9. The average molecular weight is 448 g/mol. The molecule has 5 nitrogen and oxygen atoms in total. The molecule has 0 fully saturated rings. The Labute approximate surface area is 156 Å². The Morgan fingerprint density at radius 3 is 2.54 bits per heavy atom. The molecule has 24 heavy (non-hydrogen) atoms. The van der Waals surface area contributed by atoms with Crippen LogP contribution in [0.1, 0.15) is 25.3 Å². The number of benzene rings is 1. The van der Waals surface area contributed by atoms with E-state index < -0.39 is 24.7 Å². The second kappa shape index (κ2) is 10.0. The number of ether oxygens (including phenoxy) is 1. The van der Waals surface area contributed by atoms with Gasteiger partial charge in [0.25, 0.3) is 0 Å². The van der Waals surface area contributed by atoms with E-state index in [2.05, 4.69) is 6.58 Å². The third kappa shape index (κ3) is 5.77. The molecule has 0 aliphatic rings.